The number of unbranched alkanes of at least 4 members (excludes halogenated alkanes) is 4. The average Bonchev–Trinajstić information content (AvgIpc) is 3.73. The van der Waals surface area contributed by atoms with Crippen LogP contribution in [0.15, 0.2) is 41.0 Å². The number of allylic oxidation sites excluding steroid dienone is 4. The summed E-state index contributed by atoms with van der Waals surface area (Å²) in [5, 5.41) is 59.4. The number of rotatable bonds is 17. The highest BCUT2D eigenvalue weighted by Gasteiger charge is 2.34. The number of Topliss-reactive ketones (excluding diaryl/α,β-unsaturated/α-hetero) is 1. The highest BCUT2D eigenvalue weighted by molar-refractivity contribution is 8.18. The summed E-state index contributed by atoms with van der Waals surface area (Å²) in [7, 11) is 0. The van der Waals surface area contributed by atoms with E-state index in [9.17, 15) is 30.3 Å². The molecule has 2 aromatic carbocycles. The van der Waals surface area contributed by atoms with E-state index in [0.29, 0.717) is 10.8 Å². The van der Waals surface area contributed by atoms with Gasteiger partial charge in [0.15, 0.2) is 10.9 Å². The van der Waals surface area contributed by atoms with Crippen LogP contribution in [-0.2, 0) is 4.79 Å². The maximum atomic E-state index is 13.4. The van der Waals surface area contributed by atoms with Crippen LogP contribution in [0.1, 0.15) is 108 Å². The van der Waals surface area contributed by atoms with E-state index < -0.39 is 45.7 Å². The molecule has 12 heteroatoms. The van der Waals surface area contributed by atoms with E-state index in [2.05, 4.69) is 37.5 Å². The van der Waals surface area contributed by atoms with Crippen molar-refractivity contribution in [2.24, 2.45) is 0 Å². The highest BCUT2D eigenvalue weighted by atomic mass is 32.2. The summed E-state index contributed by atoms with van der Waals surface area (Å²) in [5.41, 5.74) is 1.09. The number of thioether (sulfide) groups is 1. The molecule has 5 rings (SSSR count). The lowest BCUT2D eigenvalue weighted by Gasteiger charge is -2.31. The predicted molar refractivity (Wildman–Crippen MR) is 231 cm³/mol. The molecule has 0 atom stereocenters. The van der Waals surface area contributed by atoms with Gasteiger partial charge in [0.2, 0.25) is 5.71 Å². The molecule has 1 aliphatic carbocycles. The van der Waals surface area contributed by atoms with Gasteiger partial charge in [0.25, 0.3) is 0 Å². The quantitative estimate of drug-likeness (QED) is 0.111. The van der Waals surface area contributed by atoms with E-state index in [1.54, 1.807) is 35.3 Å². The number of ketones is 1. The predicted octanol–water partition coefficient (Wildman–Crippen LogP) is 6.55. The topological polar surface area (TPSA) is 155 Å². The number of phenols is 4. The fourth-order valence-electron chi connectivity index (χ4n) is 6.53. The molecular formula is C44H54N4O6S2. The van der Waals surface area contributed by atoms with Crippen LogP contribution in [-0.4, -0.2) is 73.2 Å². The van der Waals surface area contributed by atoms with Crippen LogP contribution < -0.4 is 25.1 Å². The largest absolute Gasteiger partial charge is 0.871 e. The zero-order valence-electron chi connectivity index (χ0n) is 33.3. The van der Waals surface area contributed by atoms with Crippen LogP contribution >= 0.6 is 23.1 Å². The van der Waals surface area contributed by atoms with Crippen LogP contribution in [0.5, 0.6) is 23.0 Å². The Balaban J connectivity index is 1.38. The van der Waals surface area contributed by atoms with Gasteiger partial charge in [-0.2, -0.15) is 0 Å². The summed E-state index contributed by atoms with van der Waals surface area (Å²) in [6.07, 6.45) is 15.9. The third-order valence-corrected chi connectivity index (χ3v) is 12.2. The molecule has 0 saturated heterocycles. The van der Waals surface area contributed by atoms with Gasteiger partial charge in [0.05, 0.1) is 39.3 Å². The molecule has 4 N–H and O–H groups in total. The van der Waals surface area contributed by atoms with Crippen molar-refractivity contribution in [1.82, 2.24) is 14.6 Å². The van der Waals surface area contributed by atoms with Gasteiger partial charge in [0, 0.05) is 42.9 Å². The first-order chi connectivity index (χ1) is 26.9. The molecule has 298 valence electrons. The van der Waals surface area contributed by atoms with Crippen molar-refractivity contribution >= 4 is 74.3 Å². The second-order valence-electron chi connectivity index (χ2n) is 14.2. The van der Waals surface area contributed by atoms with Crippen molar-refractivity contribution in [2.45, 2.75) is 92.9 Å². The zero-order valence-corrected chi connectivity index (χ0v) is 34.9. The molecule has 0 spiro atoms. The highest BCUT2D eigenvalue weighted by Crippen LogP contribution is 2.44. The summed E-state index contributed by atoms with van der Waals surface area (Å²) < 4.78 is 4.80. The van der Waals surface area contributed by atoms with Gasteiger partial charge in [0.1, 0.15) is 23.0 Å². The van der Waals surface area contributed by atoms with Crippen molar-refractivity contribution in [3.63, 3.8) is 0 Å². The number of aromatic nitrogens is 1. The van der Waals surface area contributed by atoms with Crippen LogP contribution in [0.2, 0.25) is 0 Å². The molecule has 2 heterocycles. The molecule has 56 heavy (non-hydrogen) atoms. The van der Waals surface area contributed by atoms with Gasteiger partial charge in [-0.1, -0.05) is 82.6 Å². The van der Waals surface area contributed by atoms with Crippen molar-refractivity contribution in [1.29, 1.82) is 0 Å². The number of phenolic OH excluding ortho intramolecular Hbond substituents is 4. The number of benzene rings is 2. The molecule has 0 amide bonds. The number of carbonyl (C=O) groups excluding carboxylic acids is 1. The Morgan fingerprint density at radius 3 is 1.84 bits per heavy atom. The third kappa shape index (κ3) is 9.54. The molecule has 0 radical (unpaired) electrons. The van der Waals surface area contributed by atoms with Gasteiger partial charge in [-0.15, -0.1) is 0 Å². The minimum atomic E-state index is -0.801. The van der Waals surface area contributed by atoms with Gasteiger partial charge >= 0.3 is 5.17 Å². The number of aryl methyl sites for hydroxylation is 1. The molecule has 0 unspecified atom stereocenters. The second kappa shape index (κ2) is 19.3. The molecule has 2 aliphatic rings. The van der Waals surface area contributed by atoms with Gasteiger partial charge in [-0.25, -0.2) is 14.6 Å². The maximum Gasteiger partial charge on any atom is 0.411 e. The lowest BCUT2D eigenvalue weighted by atomic mass is 9.81. The first-order valence-corrected chi connectivity index (χ1v) is 21.3. The molecule has 1 aromatic heterocycles. The Labute approximate surface area is 338 Å². The van der Waals surface area contributed by atoms with Crippen LogP contribution in [0.3, 0.4) is 0 Å². The van der Waals surface area contributed by atoms with Crippen molar-refractivity contribution in [3.8, 4) is 23.0 Å². The number of carbonyl (C=O) groups is 1. The standard InChI is InChI=1S/C44H54N4O6S2/c1-7-11-19-47(20-12-8-2)43-45-27(5)35(55-43)17-15-29-23-31(49)37(32(50)24-29)39-41(53)40(42(39)54)38-33(51)25-30(26-34(38)52)16-18-36-28(6)46-44(56-36)48(21-13-9-3)22-14-10-4/h15-18,23-26H,7-14,19-22H2,1-6H3,(H4,49,50,51,52,53,54)/b17-15+. The lowest BCUT2D eigenvalue weighted by Crippen LogP contribution is -2.33. The minimum absolute atomic E-state index is 0.291. The number of anilines is 1. The van der Waals surface area contributed by atoms with E-state index in [0.717, 1.165) is 109 Å². The summed E-state index contributed by atoms with van der Waals surface area (Å²) >= 11 is 3.17. The Kier molecular flexibility index (Phi) is 14.6. The molecule has 10 nitrogen and oxygen atoms in total. The van der Waals surface area contributed by atoms with Crippen molar-refractivity contribution in [2.75, 3.05) is 31.1 Å². The Morgan fingerprint density at radius 1 is 0.750 bits per heavy atom. The third-order valence-electron chi connectivity index (χ3n) is 9.81. The number of aromatic hydroxyl groups is 4. The van der Waals surface area contributed by atoms with Crippen molar-refractivity contribution in [3.05, 3.63) is 73.1 Å². The van der Waals surface area contributed by atoms with E-state index in [1.165, 1.54) is 24.3 Å². The lowest BCUT2D eigenvalue weighted by molar-refractivity contribution is -0.293. The number of nitrogens with zero attached hydrogens (tertiary/aromatic N) is 4. The molecular weight excluding hydrogens is 745 g/mol. The zero-order chi connectivity index (χ0) is 40.5. The van der Waals surface area contributed by atoms with E-state index in [1.807, 2.05) is 26.0 Å². The number of hydrogen-bond donors (Lipinski definition) is 4. The monoisotopic (exact) mass is 798 g/mol. The van der Waals surface area contributed by atoms with E-state index >= 15 is 0 Å². The maximum absolute atomic E-state index is 13.4. The molecule has 0 saturated carbocycles. The number of amidine groups is 1. The molecule has 0 fully saturated rings. The van der Waals surface area contributed by atoms with Gasteiger partial charge < -0.3 is 30.4 Å². The second-order valence-corrected chi connectivity index (χ2v) is 16.2. The van der Waals surface area contributed by atoms with Gasteiger partial charge in [-0.3, -0.25) is 4.79 Å². The van der Waals surface area contributed by atoms with Crippen LogP contribution in [0.4, 0.5) is 5.13 Å². The summed E-state index contributed by atoms with van der Waals surface area (Å²) in [6.45, 7) is 16.4. The minimum Gasteiger partial charge on any atom is -0.871 e. The van der Waals surface area contributed by atoms with Crippen LogP contribution in [0.25, 0.3) is 29.4 Å². The fourth-order valence-corrected chi connectivity index (χ4v) is 8.57. The van der Waals surface area contributed by atoms with Crippen molar-refractivity contribution < 1.29 is 30.3 Å². The normalized spacial score (nSPS) is 14.9. The summed E-state index contributed by atoms with van der Waals surface area (Å²) in [5.74, 6) is -3.37. The van der Waals surface area contributed by atoms with E-state index in [4.69, 9.17) is 9.65 Å². The van der Waals surface area contributed by atoms with E-state index in [-0.39, 0.29) is 10.8 Å². The number of thiazole rings is 1. The number of hydrogen-bond acceptors (Lipinski definition) is 11. The molecule has 1 aliphatic heterocycles. The molecule has 0 bridgehead atoms. The first-order valence-electron chi connectivity index (χ1n) is 19.7. The Hall–Kier alpha value is -4.90. The average molecular weight is 799 g/mol. The molecule has 3 aromatic rings. The SMILES string of the molecule is CCCCN(CCCC)C1=[N+]=C(C)/C(=C\C=c2cc(O)c(=C3C(=O)C(c4c(O)cc(/C=C/c5sc(N(CCCC)CCCC)nc5C)cc4O)=C3[O-])c(O)c2)S1. The van der Waals surface area contributed by atoms with Crippen LogP contribution in [0, 0.1) is 6.92 Å². The smallest absolute Gasteiger partial charge is 0.411 e. The summed E-state index contributed by atoms with van der Waals surface area (Å²) in [4.78, 5) is 24.8. The van der Waals surface area contributed by atoms with Gasteiger partial charge in [-0.05, 0) is 79.8 Å². The fraction of sp³-hybridized carbons (Fsp3) is 0.409. The Morgan fingerprint density at radius 2 is 1.30 bits per heavy atom. The Bertz CT molecular complexity index is 2180. The first kappa shape index (κ1) is 42.2. The summed E-state index contributed by atoms with van der Waals surface area (Å²) in [6, 6.07) is 5.50.